The van der Waals surface area contributed by atoms with Crippen molar-refractivity contribution < 1.29 is 38.8 Å². The predicted molar refractivity (Wildman–Crippen MR) is 139 cm³/mol. The number of halogens is 1. The van der Waals surface area contributed by atoms with E-state index in [1.807, 2.05) is 39.0 Å². The maximum atomic E-state index is 15.3. The summed E-state index contributed by atoms with van der Waals surface area (Å²) in [6.07, 6.45) is 2.62. The van der Waals surface area contributed by atoms with Crippen LogP contribution in [0.5, 0.6) is 0 Å². The molecule has 1 aromatic heterocycles. The Kier molecular flexibility index (Phi) is 8.12. The molecule has 1 heterocycles. The van der Waals surface area contributed by atoms with Crippen molar-refractivity contribution in [3.63, 3.8) is 0 Å². The third-order valence-corrected chi connectivity index (χ3v) is 5.99. The van der Waals surface area contributed by atoms with Crippen LogP contribution in [-0.2, 0) is 24.9 Å². The molecule has 4 nitrogen and oxygen atoms in total. The molecule has 187 valence electrons. The summed E-state index contributed by atoms with van der Waals surface area (Å²) in [6.45, 7) is 11.0. The number of carbonyl (C=O) groups is 1. The molecule has 0 fully saturated rings. The standard InChI is InChI=1S/C25H19FNO.C5H8O2.Ir/c1-13-10-15(3)20(16(4)11-13)23-19(26)9-8-18-22(23)17-7-5-6-14(2)21(17)25-24(18)27-12-28-25;1-4(6)3-5(2)7;/h5-7,9-12H,1-4H3;3,6H,1-2H3;/q-1;;/b;4-3-;. The van der Waals surface area contributed by atoms with Crippen LogP contribution in [0.25, 0.3) is 43.8 Å². The average molecular weight is 661 g/mol. The molecule has 1 radical (unpaired) electrons. The second-order valence-electron chi connectivity index (χ2n) is 8.96. The quantitative estimate of drug-likeness (QED) is 0.0902. The SMILES string of the molecule is CC(=O)/C=C(/C)O.Cc1cc(C)c(-c2c(F)c[c-]c3c4ncoc4c4c(C)cccc4c23)c(C)c1.[Ir]. The van der Waals surface area contributed by atoms with Gasteiger partial charge in [0.25, 0.3) is 0 Å². The Labute approximate surface area is 223 Å². The molecular formula is C30H27FIrNO3-. The Bertz CT molecular complexity index is 1620. The molecular weight excluding hydrogens is 634 g/mol. The van der Waals surface area contributed by atoms with Crippen molar-refractivity contribution in [2.24, 2.45) is 0 Å². The zero-order valence-electron chi connectivity index (χ0n) is 21.0. The molecule has 0 saturated carbocycles. The van der Waals surface area contributed by atoms with E-state index >= 15 is 4.39 Å². The fourth-order valence-electron chi connectivity index (χ4n) is 4.87. The molecule has 5 rings (SSSR count). The number of carbonyl (C=O) groups excluding carboxylic acids is 1. The number of aromatic nitrogens is 1. The second kappa shape index (κ2) is 10.7. The molecule has 0 spiro atoms. The Balaban J connectivity index is 0.000000400. The van der Waals surface area contributed by atoms with E-state index in [0.717, 1.165) is 54.9 Å². The normalized spacial score (nSPS) is 11.4. The van der Waals surface area contributed by atoms with Crippen LogP contribution in [-0.4, -0.2) is 15.9 Å². The first-order valence-corrected chi connectivity index (χ1v) is 11.3. The van der Waals surface area contributed by atoms with Crippen LogP contribution in [0.4, 0.5) is 4.39 Å². The minimum atomic E-state index is -0.270. The zero-order valence-corrected chi connectivity index (χ0v) is 23.4. The minimum Gasteiger partial charge on any atom is -0.512 e. The van der Waals surface area contributed by atoms with Gasteiger partial charge in [0.05, 0.1) is 5.76 Å². The number of rotatable bonds is 2. The van der Waals surface area contributed by atoms with Crippen molar-refractivity contribution in [3.05, 3.63) is 88.8 Å². The fourth-order valence-corrected chi connectivity index (χ4v) is 4.87. The van der Waals surface area contributed by atoms with Gasteiger partial charge in [0.1, 0.15) is 5.58 Å². The molecule has 5 aromatic rings. The van der Waals surface area contributed by atoms with Gasteiger partial charge in [0.2, 0.25) is 0 Å². The Morgan fingerprint density at radius 2 is 1.69 bits per heavy atom. The summed E-state index contributed by atoms with van der Waals surface area (Å²) in [4.78, 5) is 14.5. The number of hydrogen-bond acceptors (Lipinski definition) is 4. The van der Waals surface area contributed by atoms with Crippen molar-refractivity contribution in [2.75, 3.05) is 0 Å². The van der Waals surface area contributed by atoms with E-state index in [-0.39, 0.29) is 37.5 Å². The third kappa shape index (κ3) is 4.97. The smallest absolute Gasteiger partial charge is 0.171 e. The number of benzene rings is 4. The number of aliphatic hydroxyl groups is 1. The summed E-state index contributed by atoms with van der Waals surface area (Å²) in [7, 11) is 0. The first-order valence-electron chi connectivity index (χ1n) is 11.3. The van der Waals surface area contributed by atoms with E-state index in [2.05, 4.69) is 30.1 Å². The van der Waals surface area contributed by atoms with Crippen molar-refractivity contribution >= 4 is 38.4 Å². The summed E-state index contributed by atoms with van der Waals surface area (Å²) >= 11 is 0. The molecule has 0 unspecified atom stereocenters. The number of aryl methyl sites for hydroxylation is 4. The van der Waals surface area contributed by atoms with Crippen molar-refractivity contribution in [3.8, 4) is 11.1 Å². The molecule has 0 aliphatic carbocycles. The van der Waals surface area contributed by atoms with E-state index in [1.165, 1.54) is 37.9 Å². The average Bonchev–Trinajstić information content (AvgIpc) is 3.23. The van der Waals surface area contributed by atoms with Gasteiger partial charge in [0, 0.05) is 42.9 Å². The molecule has 0 saturated heterocycles. The number of nitrogens with zero attached hydrogens (tertiary/aromatic N) is 1. The monoisotopic (exact) mass is 661 g/mol. The molecule has 4 aromatic carbocycles. The number of oxazole rings is 1. The molecule has 36 heavy (non-hydrogen) atoms. The van der Waals surface area contributed by atoms with Gasteiger partial charge in [-0.05, 0) is 69.2 Å². The van der Waals surface area contributed by atoms with Crippen molar-refractivity contribution in [1.29, 1.82) is 0 Å². The van der Waals surface area contributed by atoms with Crippen molar-refractivity contribution in [2.45, 2.75) is 41.5 Å². The van der Waals surface area contributed by atoms with Crippen LogP contribution < -0.4 is 0 Å². The maximum absolute atomic E-state index is 15.3. The number of fused-ring (bicyclic) bond motifs is 6. The third-order valence-electron chi connectivity index (χ3n) is 5.99. The van der Waals surface area contributed by atoms with Gasteiger partial charge in [0.15, 0.2) is 12.2 Å². The molecule has 0 aliphatic heterocycles. The minimum absolute atomic E-state index is 0. The summed E-state index contributed by atoms with van der Waals surface area (Å²) in [5, 5.41) is 11.9. The van der Waals surface area contributed by atoms with E-state index in [9.17, 15) is 4.79 Å². The van der Waals surface area contributed by atoms with Gasteiger partial charge < -0.3 is 9.52 Å². The predicted octanol–water partition coefficient (Wildman–Crippen LogP) is 8.01. The van der Waals surface area contributed by atoms with E-state index in [0.29, 0.717) is 5.56 Å². The van der Waals surface area contributed by atoms with Crippen LogP contribution in [0.3, 0.4) is 0 Å². The Morgan fingerprint density at radius 3 is 2.28 bits per heavy atom. The van der Waals surface area contributed by atoms with Crippen LogP contribution >= 0.6 is 0 Å². The van der Waals surface area contributed by atoms with E-state index < -0.39 is 0 Å². The summed E-state index contributed by atoms with van der Waals surface area (Å²) in [5.41, 5.74) is 7.37. The molecule has 1 N–H and O–H groups in total. The van der Waals surface area contributed by atoms with E-state index in [1.54, 1.807) is 0 Å². The number of aliphatic hydroxyl groups excluding tert-OH is 1. The number of ketones is 1. The van der Waals surface area contributed by atoms with Gasteiger partial charge >= 0.3 is 0 Å². The molecule has 6 heteroatoms. The van der Waals surface area contributed by atoms with Gasteiger partial charge in [-0.3, -0.25) is 14.2 Å². The van der Waals surface area contributed by atoms with Gasteiger partial charge in [-0.15, -0.1) is 17.5 Å². The molecule has 0 bridgehead atoms. The molecule has 0 amide bonds. The summed E-state index contributed by atoms with van der Waals surface area (Å²) in [5.74, 6) is -0.333. The maximum Gasteiger partial charge on any atom is 0.171 e. The van der Waals surface area contributed by atoms with Crippen LogP contribution in [0.15, 0.2) is 59.0 Å². The molecule has 0 atom stereocenters. The first kappa shape index (κ1) is 27.3. The second-order valence-corrected chi connectivity index (χ2v) is 8.96. The number of allylic oxidation sites excluding steroid dienone is 2. The van der Waals surface area contributed by atoms with Gasteiger partial charge in [-0.1, -0.05) is 46.8 Å². The van der Waals surface area contributed by atoms with E-state index in [4.69, 9.17) is 9.52 Å². The first-order chi connectivity index (χ1) is 16.6. The summed E-state index contributed by atoms with van der Waals surface area (Å²) in [6, 6.07) is 14.8. The van der Waals surface area contributed by atoms with Gasteiger partial charge in [-0.25, -0.2) is 0 Å². The van der Waals surface area contributed by atoms with Crippen molar-refractivity contribution in [1.82, 2.24) is 4.98 Å². The zero-order chi connectivity index (χ0) is 25.4. The Morgan fingerprint density at radius 1 is 1.03 bits per heavy atom. The topological polar surface area (TPSA) is 63.3 Å². The van der Waals surface area contributed by atoms with Crippen LogP contribution in [0.2, 0.25) is 0 Å². The largest absolute Gasteiger partial charge is 0.512 e. The summed E-state index contributed by atoms with van der Waals surface area (Å²) < 4.78 is 21.1. The number of hydrogen-bond donors (Lipinski definition) is 1. The Hall–Kier alpha value is -3.34. The fraction of sp³-hybridized carbons (Fsp3) is 0.200. The van der Waals surface area contributed by atoms with Crippen LogP contribution in [0, 0.1) is 39.6 Å². The van der Waals surface area contributed by atoms with Gasteiger partial charge in [-0.2, -0.15) is 0 Å². The van der Waals surface area contributed by atoms with Crippen LogP contribution in [0.1, 0.15) is 36.1 Å². The molecule has 0 aliphatic rings.